The SMILES string of the molecule is CN1CCc2nc(N)n(C)c(=S)c2C1. The summed E-state index contributed by atoms with van der Waals surface area (Å²) in [5, 5.41) is 0. The van der Waals surface area contributed by atoms with Crippen LogP contribution in [0.3, 0.4) is 0 Å². The zero-order valence-electron chi connectivity index (χ0n) is 8.45. The third kappa shape index (κ3) is 1.42. The molecule has 0 unspecified atom stereocenters. The number of rotatable bonds is 0. The number of aromatic nitrogens is 2. The van der Waals surface area contributed by atoms with E-state index >= 15 is 0 Å². The van der Waals surface area contributed by atoms with Crippen molar-refractivity contribution in [3.05, 3.63) is 15.9 Å². The van der Waals surface area contributed by atoms with Crippen LogP contribution in [0.5, 0.6) is 0 Å². The topological polar surface area (TPSA) is 47.1 Å². The van der Waals surface area contributed by atoms with Crippen molar-refractivity contribution in [1.82, 2.24) is 14.5 Å². The Morgan fingerprint density at radius 1 is 1.43 bits per heavy atom. The zero-order valence-corrected chi connectivity index (χ0v) is 9.27. The molecule has 76 valence electrons. The van der Waals surface area contributed by atoms with E-state index in [9.17, 15) is 0 Å². The summed E-state index contributed by atoms with van der Waals surface area (Å²) in [7, 11) is 3.95. The maximum Gasteiger partial charge on any atom is 0.201 e. The summed E-state index contributed by atoms with van der Waals surface area (Å²) in [6, 6.07) is 0. The Labute approximate surface area is 88.4 Å². The van der Waals surface area contributed by atoms with Gasteiger partial charge in [0.25, 0.3) is 0 Å². The van der Waals surface area contributed by atoms with E-state index < -0.39 is 0 Å². The summed E-state index contributed by atoms with van der Waals surface area (Å²) < 4.78 is 2.59. The number of hydrogen-bond donors (Lipinski definition) is 1. The molecule has 0 fully saturated rings. The second-order valence-electron chi connectivity index (χ2n) is 3.75. The molecule has 2 N–H and O–H groups in total. The first-order chi connectivity index (χ1) is 6.59. The summed E-state index contributed by atoms with van der Waals surface area (Å²) in [4.78, 5) is 6.60. The average Bonchev–Trinajstić information content (AvgIpc) is 2.16. The molecule has 0 amide bonds. The van der Waals surface area contributed by atoms with Gasteiger partial charge in [0.15, 0.2) is 0 Å². The van der Waals surface area contributed by atoms with E-state index in [1.54, 1.807) is 4.57 Å². The van der Waals surface area contributed by atoms with E-state index in [0.717, 1.165) is 35.4 Å². The van der Waals surface area contributed by atoms with Crippen molar-refractivity contribution in [2.75, 3.05) is 19.3 Å². The predicted octanol–water partition coefficient (Wildman–Crippen LogP) is 0.720. The van der Waals surface area contributed by atoms with Gasteiger partial charge < -0.3 is 15.2 Å². The molecule has 4 nitrogen and oxygen atoms in total. The van der Waals surface area contributed by atoms with Gasteiger partial charge >= 0.3 is 0 Å². The van der Waals surface area contributed by atoms with Crippen LogP contribution in [0.15, 0.2) is 0 Å². The number of likely N-dealkylation sites (N-methyl/N-ethyl adjacent to an activating group) is 1. The maximum absolute atomic E-state index is 5.75. The molecule has 1 aromatic rings. The van der Waals surface area contributed by atoms with Gasteiger partial charge in [-0.3, -0.25) is 0 Å². The minimum Gasteiger partial charge on any atom is -0.369 e. The first-order valence-electron chi connectivity index (χ1n) is 4.62. The van der Waals surface area contributed by atoms with Gasteiger partial charge in [-0.15, -0.1) is 0 Å². The van der Waals surface area contributed by atoms with Crippen LogP contribution in [0.1, 0.15) is 11.3 Å². The minimum absolute atomic E-state index is 0.512. The molecule has 0 saturated carbocycles. The van der Waals surface area contributed by atoms with E-state index in [2.05, 4.69) is 16.9 Å². The van der Waals surface area contributed by atoms with E-state index in [-0.39, 0.29) is 0 Å². The predicted molar refractivity (Wildman–Crippen MR) is 58.5 cm³/mol. The molecule has 2 heterocycles. The highest BCUT2D eigenvalue weighted by atomic mass is 32.1. The van der Waals surface area contributed by atoms with Crippen molar-refractivity contribution in [3.8, 4) is 0 Å². The van der Waals surface area contributed by atoms with Crippen molar-refractivity contribution < 1.29 is 0 Å². The summed E-state index contributed by atoms with van der Waals surface area (Å²) in [6.07, 6.45) is 0.945. The molecule has 1 aliphatic heterocycles. The molecule has 0 aromatic carbocycles. The van der Waals surface area contributed by atoms with Crippen LogP contribution in [0.2, 0.25) is 0 Å². The third-order valence-corrected chi connectivity index (χ3v) is 3.18. The fourth-order valence-electron chi connectivity index (χ4n) is 1.72. The molecule has 0 saturated heterocycles. The van der Waals surface area contributed by atoms with Gasteiger partial charge in [0, 0.05) is 32.1 Å². The molecule has 1 aliphatic rings. The van der Waals surface area contributed by atoms with Gasteiger partial charge in [0.05, 0.1) is 5.69 Å². The van der Waals surface area contributed by atoms with Crippen molar-refractivity contribution >= 4 is 18.2 Å². The second kappa shape index (κ2) is 3.33. The van der Waals surface area contributed by atoms with Crippen LogP contribution in [0, 0.1) is 4.64 Å². The highest BCUT2D eigenvalue weighted by Gasteiger charge is 2.17. The lowest BCUT2D eigenvalue weighted by Gasteiger charge is -2.25. The lowest BCUT2D eigenvalue weighted by molar-refractivity contribution is 0.307. The molecule has 0 atom stereocenters. The number of fused-ring (bicyclic) bond motifs is 1. The Morgan fingerprint density at radius 2 is 2.14 bits per heavy atom. The fourth-order valence-corrected chi connectivity index (χ4v) is 2.00. The number of nitrogens with two attached hydrogens (primary N) is 1. The largest absolute Gasteiger partial charge is 0.369 e. The summed E-state index contributed by atoms with van der Waals surface area (Å²) in [5.74, 6) is 0.512. The highest BCUT2D eigenvalue weighted by molar-refractivity contribution is 7.71. The standard InChI is InChI=1S/C9H14N4S/c1-12-4-3-7-6(5-12)8(14)13(2)9(10)11-7/h3-5H2,1-2H3,(H2,10,11). The summed E-state index contributed by atoms with van der Waals surface area (Å²) in [6.45, 7) is 1.91. The molecule has 0 spiro atoms. The van der Waals surface area contributed by atoms with E-state index in [4.69, 9.17) is 18.0 Å². The van der Waals surface area contributed by atoms with E-state index in [1.165, 1.54) is 0 Å². The Kier molecular flexibility index (Phi) is 2.28. The van der Waals surface area contributed by atoms with Crippen molar-refractivity contribution in [2.24, 2.45) is 7.05 Å². The van der Waals surface area contributed by atoms with Gasteiger partial charge in [0.1, 0.15) is 4.64 Å². The van der Waals surface area contributed by atoms with Gasteiger partial charge in [-0.1, -0.05) is 12.2 Å². The molecular weight excluding hydrogens is 196 g/mol. The van der Waals surface area contributed by atoms with Gasteiger partial charge in [-0.25, -0.2) is 4.98 Å². The van der Waals surface area contributed by atoms with Crippen LogP contribution in [0.4, 0.5) is 5.95 Å². The van der Waals surface area contributed by atoms with Gasteiger partial charge in [-0.05, 0) is 7.05 Å². The molecule has 5 heteroatoms. The Balaban J connectivity index is 2.61. The number of nitrogens with zero attached hydrogens (tertiary/aromatic N) is 3. The Morgan fingerprint density at radius 3 is 2.86 bits per heavy atom. The quantitative estimate of drug-likeness (QED) is 0.641. The molecule has 1 aromatic heterocycles. The molecule has 14 heavy (non-hydrogen) atoms. The monoisotopic (exact) mass is 210 g/mol. The first kappa shape index (κ1) is 9.61. The first-order valence-corrected chi connectivity index (χ1v) is 5.03. The Bertz CT molecular complexity index is 424. The van der Waals surface area contributed by atoms with Crippen molar-refractivity contribution in [1.29, 1.82) is 0 Å². The molecule has 0 aliphatic carbocycles. The number of anilines is 1. The normalized spacial score (nSPS) is 16.7. The molecule has 2 rings (SSSR count). The lowest BCUT2D eigenvalue weighted by Crippen LogP contribution is -2.29. The van der Waals surface area contributed by atoms with E-state index in [1.807, 2.05) is 7.05 Å². The van der Waals surface area contributed by atoms with E-state index in [0.29, 0.717) is 5.95 Å². The maximum atomic E-state index is 5.75. The minimum atomic E-state index is 0.512. The van der Waals surface area contributed by atoms with Crippen LogP contribution < -0.4 is 5.73 Å². The molecule has 0 radical (unpaired) electrons. The smallest absolute Gasteiger partial charge is 0.201 e. The molecule has 0 bridgehead atoms. The van der Waals surface area contributed by atoms with Crippen LogP contribution in [0.25, 0.3) is 0 Å². The fraction of sp³-hybridized carbons (Fsp3) is 0.556. The second-order valence-corrected chi connectivity index (χ2v) is 4.13. The number of hydrogen-bond acceptors (Lipinski definition) is 4. The van der Waals surface area contributed by atoms with Crippen LogP contribution in [-0.2, 0) is 20.0 Å². The van der Waals surface area contributed by atoms with Crippen molar-refractivity contribution in [2.45, 2.75) is 13.0 Å². The average molecular weight is 210 g/mol. The lowest BCUT2D eigenvalue weighted by atomic mass is 10.1. The molecular formula is C9H14N4S. The van der Waals surface area contributed by atoms with Crippen LogP contribution in [-0.4, -0.2) is 28.0 Å². The van der Waals surface area contributed by atoms with Crippen molar-refractivity contribution in [3.63, 3.8) is 0 Å². The summed E-state index contributed by atoms with van der Waals surface area (Å²) in [5.41, 5.74) is 7.98. The third-order valence-electron chi connectivity index (χ3n) is 2.66. The van der Waals surface area contributed by atoms with Gasteiger partial charge in [0.2, 0.25) is 5.95 Å². The highest BCUT2D eigenvalue weighted by Crippen LogP contribution is 2.18. The zero-order chi connectivity index (χ0) is 10.3. The Hall–Kier alpha value is -0.940. The van der Waals surface area contributed by atoms with Gasteiger partial charge in [-0.2, -0.15) is 0 Å². The van der Waals surface area contributed by atoms with Crippen LogP contribution >= 0.6 is 12.2 Å². The summed E-state index contributed by atoms with van der Waals surface area (Å²) >= 11 is 5.34. The number of nitrogen functional groups attached to an aromatic ring is 1.